The number of fused-ring (bicyclic) bond motifs is 1. The summed E-state index contributed by atoms with van der Waals surface area (Å²) in [5.74, 6) is 0. The summed E-state index contributed by atoms with van der Waals surface area (Å²) in [5, 5.41) is 18.4. The molecule has 0 amide bonds. The number of benzene rings is 1. The van der Waals surface area contributed by atoms with E-state index < -0.39 is 6.92 Å². The maximum atomic E-state index is 9.51. The third-order valence-electron chi connectivity index (χ3n) is 3.44. The standard InChI is InChI=1S/C15H13BN4O/c1-16(21)12-4-2-11(3-5-12)9-20-10-19-14-6-13(7-17)18-8-15(14)20/h2-6,8,10,21H,9H2,1H3. The zero-order valence-electron chi connectivity index (χ0n) is 11.6. The fourth-order valence-electron chi connectivity index (χ4n) is 2.24. The van der Waals surface area contributed by atoms with Crippen LogP contribution in [0.2, 0.25) is 6.82 Å². The molecule has 1 aromatic carbocycles. The van der Waals surface area contributed by atoms with Crippen LogP contribution in [0.25, 0.3) is 11.0 Å². The molecule has 0 saturated carbocycles. The van der Waals surface area contributed by atoms with Gasteiger partial charge in [-0.1, -0.05) is 31.1 Å². The molecule has 21 heavy (non-hydrogen) atoms. The van der Waals surface area contributed by atoms with Gasteiger partial charge in [0.25, 0.3) is 0 Å². The number of imidazole rings is 1. The van der Waals surface area contributed by atoms with Gasteiger partial charge in [0.1, 0.15) is 11.8 Å². The van der Waals surface area contributed by atoms with E-state index in [1.54, 1.807) is 25.4 Å². The summed E-state index contributed by atoms with van der Waals surface area (Å²) in [6, 6.07) is 11.5. The topological polar surface area (TPSA) is 74.7 Å². The van der Waals surface area contributed by atoms with E-state index in [-0.39, 0.29) is 0 Å². The zero-order valence-corrected chi connectivity index (χ0v) is 11.6. The van der Waals surface area contributed by atoms with Crippen molar-refractivity contribution in [1.29, 1.82) is 5.26 Å². The van der Waals surface area contributed by atoms with Crippen LogP contribution in [-0.2, 0) is 6.54 Å². The first kappa shape index (κ1) is 13.3. The Morgan fingerprint density at radius 1 is 1.29 bits per heavy atom. The first-order chi connectivity index (χ1) is 10.2. The predicted octanol–water partition coefficient (Wildman–Crippen LogP) is 1.17. The number of hydrogen-bond donors (Lipinski definition) is 1. The molecule has 0 radical (unpaired) electrons. The van der Waals surface area contributed by atoms with Gasteiger partial charge in [-0.2, -0.15) is 5.26 Å². The highest BCUT2D eigenvalue weighted by molar-refractivity contribution is 6.64. The smallest absolute Gasteiger partial charge is 0.320 e. The minimum absolute atomic E-state index is 0.369. The average molecular weight is 276 g/mol. The van der Waals surface area contributed by atoms with Crippen molar-refractivity contribution < 1.29 is 5.02 Å². The van der Waals surface area contributed by atoms with Crippen molar-refractivity contribution in [2.24, 2.45) is 0 Å². The molecule has 3 rings (SSSR count). The van der Waals surface area contributed by atoms with Gasteiger partial charge < -0.3 is 9.59 Å². The Morgan fingerprint density at radius 2 is 2.05 bits per heavy atom. The van der Waals surface area contributed by atoms with Crippen molar-refractivity contribution in [2.75, 3.05) is 0 Å². The van der Waals surface area contributed by atoms with Gasteiger partial charge in [0.2, 0.25) is 0 Å². The molecule has 0 fully saturated rings. The second-order valence-corrected chi connectivity index (χ2v) is 4.96. The molecule has 2 aromatic heterocycles. The molecule has 0 aliphatic rings. The van der Waals surface area contributed by atoms with Crippen LogP contribution in [0.3, 0.4) is 0 Å². The van der Waals surface area contributed by atoms with Crippen LogP contribution >= 0.6 is 0 Å². The molecule has 102 valence electrons. The lowest BCUT2D eigenvalue weighted by Gasteiger charge is -2.06. The molecule has 1 N–H and O–H groups in total. The van der Waals surface area contributed by atoms with E-state index in [1.165, 1.54) is 0 Å². The normalized spacial score (nSPS) is 10.5. The summed E-state index contributed by atoms with van der Waals surface area (Å²) >= 11 is 0. The molecule has 5 nitrogen and oxygen atoms in total. The number of aromatic nitrogens is 3. The van der Waals surface area contributed by atoms with E-state index in [9.17, 15) is 5.02 Å². The molecule has 0 atom stereocenters. The van der Waals surface area contributed by atoms with Crippen molar-refractivity contribution in [3.8, 4) is 6.07 Å². The lowest BCUT2D eigenvalue weighted by Crippen LogP contribution is -2.25. The summed E-state index contributed by atoms with van der Waals surface area (Å²) in [7, 11) is 0. The highest BCUT2D eigenvalue weighted by Crippen LogP contribution is 2.14. The Kier molecular flexibility index (Phi) is 3.42. The van der Waals surface area contributed by atoms with E-state index in [0.29, 0.717) is 12.2 Å². The maximum Gasteiger partial charge on any atom is 0.320 e. The molecule has 0 bridgehead atoms. The molecule has 0 spiro atoms. The fraction of sp³-hybridized carbons (Fsp3) is 0.133. The molecule has 0 saturated heterocycles. The van der Waals surface area contributed by atoms with Gasteiger partial charge >= 0.3 is 6.92 Å². The molecular weight excluding hydrogens is 263 g/mol. The summed E-state index contributed by atoms with van der Waals surface area (Å²) < 4.78 is 1.99. The van der Waals surface area contributed by atoms with Gasteiger partial charge in [-0.05, 0) is 11.0 Å². The van der Waals surface area contributed by atoms with Crippen molar-refractivity contribution in [3.63, 3.8) is 0 Å². The van der Waals surface area contributed by atoms with Crippen LogP contribution in [0, 0.1) is 11.3 Å². The van der Waals surface area contributed by atoms with Crippen molar-refractivity contribution in [1.82, 2.24) is 14.5 Å². The monoisotopic (exact) mass is 276 g/mol. The van der Waals surface area contributed by atoms with E-state index in [1.807, 2.05) is 34.9 Å². The second-order valence-electron chi connectivity index (χ2n) is 4.96. The molecular formula is C15H13BN4O. The Bertz CT molecular complexity index is 818. The van der Waals surface area contributed by atoms with Gasteiger partial charge in [-0.25, -0.2) is 9.97 Å². The van der Waals surface area contributed by atoms with Gasteiger partial charge in [0.15, 0.2) is 0 Å². The third kappa shape index (κ3) is 2.64. The fourth-order valence-corrected chi connectivity index (χ4v) is 2.24. The van der Waals surface area contributed by atoms with Gasteiger partial charge in [0.05, 0.1) is 23.6 Å². The molecule has 2 heterocycles. The van der Waals surface area contributed by atoms with Crippen LogP contribution in [0.4, 0.5) is 0 Å². The van der Waals surface area contributed by atoms with Crippen LogP contribution in [0.5, 0.6) is 0 Å². The Morgan fingerprint density at radius 3 is 2.71 bits per heavy atom. The Balaban J connectivity index is 1.89. The SMILES string of the molecule is CB(O)c1ccc(Cn2cnc3cc(C#N)ncc32)cc1. The number of rotatable bonds is 3. The maximum absolute atomic E-state index is 9.51. The number of nitrogens with zero attached hydrogens (tertiary/aromatic N) is 4. The highest BCUT2D eigenvalue weighted by Gasteiger charge is 2.08. The first-order valence-corrected chi connectivity index (χ1v) is 6.65. The molecule has 6 heteroatoms. The van der Waals surface area contributed by atoms with Crippen LogP contribution in [0.1, 0.15) is 11.3 Å². The Labute approximate surface area is 122 Å². The minimum atomic E-state index is -0.457. The number of pyridine rings is 1. The predicted molar refractivity (Wildman–Crippen MR) is 81.3 cm³/mol. The molecule has 0 aliphatic heterocycles. The highest BCUT2D eigenvalue weighted by atomic mass is 16.2. The number of nitriles is 1. The summed E-state index contributed by atoms with van der Waals surface area (Å²) in [6.45, 7) is 1.96. The molecule has 0 aliphatic carbocycles. The van der Waals surface area contributed by atoms with E-state index in [2.05, 4.69) is 9.97 Å². The Hall–Kier alpha value is -2.65. The zero-order chi connectivity index (χ0) is 14.8. The van der Waals surface area contributed by atoms with Crippen molar-refractivity contribution in [3.05, 3.63) is 54.1 Å². The van der Waals surface area contributed by atoms with E-state index in [0.717, 1.165) is 22.1 Å². The largest absolute Gasteiger partial charge is 0.447 e. The lowest BCUT2D eigenvalue weighted by molar-refractivity contribution is 0.594. The second kappa shape index (κ2) is 5.39. The van der Waals surface area contributed by atoms with Crippen LogP contribution in [0.15, 0.2) is 42.9 Å². The first-order valence-electron chi connectivity index (χ1n) is 6.65. The van der Waals surface area contributed by atoms with Crippen molar-refractivity contribution in [2.45, 2.75) is 13.4 Å². The summed E-state index contributed by atoms with van der Waals surface area (Å²) in [5.41, 5.74) is 4.04. The van der Waals surface area contributed by atoms with Gasteiger partial charge in [-0.15, -0.1) is 0 Å². The lowest BCUT2D eigenvalue weighted by atomic mass is 9.64. The third-order valence-corrected chi connectivity index (χ3v) is 3.44. The average Bonchev–Trinajstić information content (AvgIpc) is 2.90. The van der Waals surface area contributed by atoms with E-state index >= 15 is 0 Å². The quantitative estimate of drug-likeness (QED) is 0.729. The summed E-state index contributed by atoms with van der Waals surface area (Å²) in [6.07, 6.45) is 3.42. The van der Waals surface area contributed by atoms with Gasteiger partial charge in [-0.3, -0.25) is 0 Å². The number of hydrogen-bond acceptors (Lipinski definition) is 4. The van der Waals surface area contributed by atoms with Crippen LogP contribution < -0.4 is 5.46 Å². The van der Waals surface area contributed by atoms with Crippen molar-refractivity contribution >= 4 is 23.4 Å². The molecule has 3 aromatic rings. The molecule has 0 unspecified atom stereocenters. The van der Waals surface area contributed by atoms with Crippen LogP contribution in [-0.4, -0.2) is 26.5 Å². The summed E-state index contributed by atoms with van der Waals surface area (Å²) in [4.78, 5) is 8.38. The van der Waals surface area contributed by atoms with E-state index in [4.69, 9.17) is 5.26 Å². The minimum Gasteiger partial charge on any atom is -0.447 e. The van der Waals surface area contributed by atoms with Gasteiger partial charge in [0, 0.05) is 12.6 Å².